The molecule has 0 aromatic heterocycles. The Morgan fingerprint density at radius 3 is 2.70 bits per heavy atom. The molecule has 23 heavy (non-hydrogen) atoms. The Balaban J connectivity index is 1.59. The molecule has 0 saturated carbocycles. The lowest BCUT2D eigenvalue weighted by molar-refractivity contribution is 0.0682. The van der Waals surface area contributed by atoms with Crippen LogP contribution >= 0.6 is 0 Å². The van der Waals surface area contributed by atoms with Gasteiger partial charge >= 0.3 is 0 Å². The SMILES string of the molecule is CN1CC[C@H](O/N=C/c2ccccc2OCc2ccccc2)C1. The molecule has 0 amide bonds. The summed E-state index contributed by atoms with van der Waals surface area (Å²) in [6, 6.07) is 18.0. The molecule has 120 valence electrons. The van der Waals surface area contributed by atoms with Gasteiger partial charge in [0.05, 0.1) is 6.21 Å². The molecule has 3 rings (SSSR count). The maximum atomic E-state index is 5.91. The van der Waals surface area contributed by atoms with E-state index in [9.17, 15) is 0 Å². The molecule has 4 heteroatoms. The van der Waals surface area contributed by atoms with E-state index in [0.717, 1.165) is 36.4 Å². The van der Waals surface area contributed by atoms with Crippen LogP contribution in [-0.4, -0.2) is 37.4 Å². The van der Waals surface area contributed by atoms with Crippen LogP contribution in [0, 0.1) is 0 Å². The first-order valence-electron chi connectivity index (χ1n) is 7.95. The third-order valence-electron chi connectivity index (χ3n) is 3.91. The molecule has 1 fully saturated rings. The molecule has 0 unspecified atom stereocenters. The first kappa shape index (κ1) is 15.6. The molecule has 0 radical (unpaired) electrons. The molecule has 1 saturated heterocycles. The molecule has 0 spiro atoms. The summed E-state index contributed by atoms with van der Waals surface area (Å²) in [4.78, 5) is 7.81. The van der Waals surface area contributed by atoms with Crippen LogP contribution in [0.5, 0.6) is 5.75 Å². The van der Waals surface area contributed by atoms with Gasteiger partial charge < -0.3 is 14.5 Å². The van der Waals surface area contributed by atoms with Crippen molar-refractivity contribution in [3.05, 3.63) is 65.7 Å². The van der Waals surface area contributed by atoms with Crippen molar-refractivity contribution in [3.8, 4) is 5.75 Å². The highest BCUT2D eigenvalue weighted by Crippen LogP contribution is 2.18. The minimum atomic E-state index is 0.189. The average Bonchev–Trinajstić information content (AvgIpc) is 3.00. The van der Waals surface area contributed by atoms with Crippen LogP contribution in [0.3, 0.4) is 0 Å². The van der Waals surface area contributed by atoms with Crippen molar-refractivity contribution in [2.75, 3.05) is 20.1 Å². The van der Waals surface area contributed by atoms with E-state index in [-0.39, 0.29) is 6.10 Å². The lowest BCUT2D eigenvalue weighted by Gasteiger charge is -2.10. The van der Waals surface area contributed by atoms with Gasteiger partial charge in [-0.05, 0) is 24.7 Å². The third kappa shape index (κ3) is 4.57. The van der Waals surface area contributed by atoms with E-state index in [0.29, 0.717) is 6.61 Å². The summed E-state index contributed by atoms with van der Waals surface area (Å²) in [5.41, 5.74) is 2.07. The molecule has 0 aliphatic carbocycles. The quantitative estimate of drug-likeness (QED) is 0.606. The molecule has 0 N–H and O–H groups in total. The van der Waals surface area contributed by atoms with Crippen molar-refractivity contribution in [2.24, 2.45) is 5.16 Å². The zero-order valence-electron chi connectivity index (χ0n) is 13.4. The van der Waals surface area contributed by atoms with Crippen LogP contribution in [0.1, 0.15) is 17.5 Å². The first-order valence-corrected chi connectivity index (χ1v) is 7.95. The van der Waals surface area contributed by atoms with Gasteiger partial charge in [-0.2, -0.15) is 0 Å². The summed E-state index contributed by atoms with van der Waals surface area (Å²) >= 11 is 0. The minimum absolute atomic E-state index is 0.189. The summed E-state index contributed by atoms with van der Waals surface area (Å²) in [5, 5.41) is 4.14. The number of rotatable bonds is 6. The van der Waals surface area contributed by atoms with E-state index in [1.807, 2.05) is 42.5 Å². The van der Waals surface area contributed by atoms with Crippen LogP contribution < -0.4 is 4.74 Å². The topological polar surface area (TPSA) is 34.1 Å². The highest BCUT2D eigenvalue weighted by atomic mass is 16.6. The minimum Gasteiger partial charge on any atom is -0.488 e. The standard InChI is InChI=1S/C19H22N2O2/c1-21-12-11-18(14-21)23-20-13-17-9-5-6-10-19(17)22-15-16-7-3-2-4-8-16/h2-10,13,18H,11-12,14-15H2,1H3/b20-13+/t18-/m0/s1. The van der Waals surface area contributed by atoms with Crippen molar-refractivity contribution in [1.82, 2.24) is 4.90 Å². The van der Waals surface area contributed by atoms with Gasteiger partial charge in [0.25, 0.3) is 0 Å². The number of hydrogen-bond acceptors (Lipinski definition) is 4. The molecular weight excluding hydrogens is 288 g/mol. The monoisotopic (exact) mass is 310 g/mol. The zero-order valence-corrected chi connectivity index (χ0v) is 13.4. The van der Waals surface area contributed by atoms with E-state index >= 15 is 0 Å². The third-order valence-corrected chi connectivity index (χ3v) is 3.91. The van der Waals surface area contributed by atoms with Crippen molar-refractivity contribution in [3.63, 3.8) is 0 Å². The van der Waals surface area contributed by atoms with Gasteiger partial charge in [-0.25, -0.2) is 0 Å². The predicted octanol–water partition coefficient (Wildman–Crippen LogP) is 3.32. The second-order valence-electron chi connectivity index (χ2n) is 5.82. The molecule has 1 atom stereocenters. The van der Waals surface area contributed by atoms with Crippen LogP contribution in [0.4, 0.5) is 0 Å². The first-order chi connectivity index (χ1) is 11.3. The molecule has 0 bridgehead atoms. The van der Waals surface area contributed by atoms with Gasteiger partial charge in [0.1, 0.15) is 18.5 Å². The molecule has 1 heterocycles. The van der Waals surface area contributed by atoms with Gasteiger partial charge in [0, 0.05) is 25.1 Å². The van der Waals surface area contributed by atoms with Crippen molar-refractivity contribution < 1.29 is 9.57 Å². The Kier molecular flexibility index (Phi) is 5.27. The number of para-hydroxylation sites is 1. The van der Waals surface area contributed by atoms with Crippen LogP contribution in [0.25, 0.3) is 0 Å². The summed E-state index contributed by atoms with van der Waals surface area (Å²) in [5.74, 6) is 0.812. The van der Waals surface area contributed by atoms with E-state index in [2.05, 4.69) is 29.2 Å². The molecule has 2 aromatic carbocycles. The summed E-state index contributed by atoms with van der Waals surface area (Å²) in [6.45, 7) is 2.54. The number of nitrogens with zero attached hydrogens (tertiary/aromatic N) is 2. The Bertz CT molecular complexity index is 643. The van der Waals surface area contributed by atoms with Gasteiger partial charge in [0.15, 0.2) is 0 Å². The van der Waals surface area contributed by atoms with Gasteiger partial charge in [-0.15, -0.1) is 0 Å². The number of benzene rings is 2. The fourth-order valence-electron chi connectivity index (χ4n) is 2.61. The number of hydrogen-bond donors (Lipinski definition) is 0. The average molecular weight is 310 g/mol. The fraction of sp³-hybridized carbons (Fsp3) is 0.316. The number of likely N-dealkylation sites (tertiary alicyclic amines) is 1. The Hall–Kier alpha value is -2.33. The summed E-state index contributed by atoms with van der Waals surface area (Å²) < 4.78 is 5.91. The summed E-state index contributed by atoms with van der Waals surface area (Å²) in [6.07, 6.45) is 2.95. The smallest absolute Gasteiger partial charge is 0.141 e. The fourth-order valence-corrected chi connectivity index (χ4v) is 2.61. The second-order valence-corrected chi connectivity index (χ2v) is 5.82. The van der Waals surface area contributed by atoms with Gasteiger partial charge in [-0.3, -0.25) is 0 Å². The molecule has 2 aromatic rings. The lowest BCUT2D eigenvalue weighted by atomic mass is 10.2. The number of oxime groups is 1. The van der Waals surface area contributed by atoms with Crippen LogP contribution in [0.15, 0.2) is 59.8 Å². The second kappa shape index (κ2) is 7.79. The predicted molar refractivity (Wildman–Crippen MR) is 91.8 cm³/mol. The van der Waals surface area contributed by atoms with Gasteiger partial charge in [0.2, 0.25) is 0 Å². The Morgan fingerprint density at radius 1 is 1.13 bits per heavy atom. The zero-order chi connectivity index (χ0) is 15.9. The van der Waals surface area contributed by atoms with Crippen molar-refractivity contribution in [2.45, 2.75) is 19.1 Å². The van der Waals surface area contributed by atoms with Crippen molar-refractivity contribution >= 4 is 6.21 Å². The van der Waals surface area contributed by atoms with Crippen molar-refractivity contribution in [1.29, 1.82) is 0 Å². The molecular formula is C19H22N2O2. The number of ether oxygens (including phenoxy) is 1. The maximum absolute atomic E-state index is 5.91. The van der Waals surface area contributed by atoms with Crippen LogP contribution in [0.2, 0.25) is 0 Å². The normalized spacial score (nSPS) is 18.4. The summed E-state index contributed by atoms with van der Waals surface area (Å²) in [7, 11) is 2.10. The van der Waals surface area contributed by atoms with Gasteiger partial charge in [-0.1, -0.05) is 47.6 Å². The molecule has 4 nitrogen and oxygen atoms in total. The molecule has 1 aliphatic rings. The number of likely N-dealkylation sites (N-methyl/N-ethyl adjacent to an activating group) is 1. The Morgan fingerprint density at radius 2 is 1.91 bits per heavy atom. The van der Waals surface area contributed by atoms with E-state index in [1.54, 1.807) is 6.21 Å². The highest BCUT2D eigenvalue weighted by Gasteiger charge is 2.20. The van der Waals surface area contributed by atoms with E-state index in [4.69, 9.17) is 9.57 Å². The van der Waals surface area contributed by atoms with E-state index < -0.39 is 0 Å². The maximum Gasteiger partial charge on any atom is 0.141 e. The Labute approximate surface area is 137 Å². The van der Waals surface area contributed by atoms with E-state index in [1.165, 1.54) is 0 Å². The highest BCUT2D eigenvalue weighted by molar-refractivity contribution is 5.83. The largest absolute Gasteiger partial charge is 0.488 e. The van der Waals surface area contributed by atoms with Crippen LogP contribution in [-0.2, 0) is 11.4 Å². The molecule has 1 aliphatic heterocycles. The lowest BCUT2D eigenvalue weighted by Crippen LogP contribution is -2.17.